The largest absolute Gasteiger partial charge is 1.00 e. The van der Waals surface area contributed by atoms with Gasteiger partial charge in [-0.05, 0) is 0 Å². The summed E-state index contributed by atoms with van der Waals surface area (Å²) in [4.78, 5) is 0. The molecule has 0 atom stereocenters. The first-order valence-electron chi connectivity index (χ1n) is 17.6. The Morgan fingerprint density at radius 2 is 0.269 bits per heavy atom. The topological polar surface area (TPSA) is 0 Å². The molecule has 0 nitrogen and oxygen atoms in total. The predicted molar refractivity (Wildman–Crippen MR) is 220 cm³/mol. The molecule has 8 aromatic carbocycles. The molecule has 0 N–H and O–H groups in total. The summed E-state index contributed by atoms with van der Waals surface area (Å²) in [5.74, 6) is 0. The van der Waals surface area contributed by atoms with Gasteiger partial charge in [0.25, 0.3) is 0 Å². The Balaban J connectivity index is 0.000000194. The van der Waals surface area contributed by atoms with Crippen molar-refractivity contribution in [1.82, 2.24) is 0 Å². The molecule has 0 radical (unpaired) electrons. The van der Waals surface area contributed by atoms with Crippen LogP contribution < -0.4 is 164 Å². The number of rotatable bonds is 8. The summed E-state index contributed by atoms with van der Waals surface area (Å²) in [7, 11) is 0. The average molecular weight is 810 g/mol. The summed E-state index contributed by atoms with van der Waals surface area (Å²) in [6.45, 7) is 0. The molecule has 0 unspecified atom stereocenters. The van der Waals surface area contributed by atoms with E-state index in [2.05, 4.69) is 243 Å². The molecule has 0 aliphatic carbocycles. The Hall–Kier alpha value is -2.42. The van der Waals surface area contributed by atoms with Gasteiger partial charge in [-0.2, -0.15) is 43.7 Å². The predicted octanol–water partition coefficient (Wildman–Crippen LogP) is 0.136. The minimum atomic E-state index is -1.22. The first-order valence-corrected chi connectivity index (χ1v) is 17.6. The smallest absolute Gasteiger partial charge is 0.195 e. The maximum absolute atomic E-state index is 2.26. The van der Waals surface area contributed by atoms with Crippen LogP contribution >= 0.6 is 0 Å². The van der Waals surface area contributed by atoms with Crippen molar-refractivity contribution in [3.05, 3.63) is 243 Å². The summed E-state index contributed by atoms with van der Waals surface area (Å²) in [6.07, 6.45) is -2.43. The van der Waals surface area contributed by atoms with Crippen LogP contribution in [0.2, 0.25) is 0 Å². The zero-order chi connectivity index (χ0) is 33.9. The molecule has 0 fully saturated rings. The second kappa shape index (κ2) is 20.3. The van der Waals surface area contributed by atoms with E-state index < -0.39 is 12.3 Å². The summed E-state index contributed by atoms with van der Waals surface area (Å²) in [5, 5.41) is 0. The van der Waals surface area contributed by atoms with Gasteiger partial charge in [-0.25, -0.2) is 0 Å². The van der Waals surface area contributed by atoms with Crippen LogP contribution in [0.3, 0.4) is 0 Å². The first kappa shape index (κ1) is 40.8. The van der Waals surface area contributed by atoms with Crippen molar-refractivity contribution in [2.24, 2.45) is 0 Å². The molecule has 0 aromatic heterocycles. The minimum Gasteiger partial charge on any atom is -0.195 e. The van der Waals surface area contributed by atoms with E-state index in [9.17, 15) is 0 Å². The van der Waals surface area contributed by atoms with Crippen LogP contribution in [0.4, 0.5) is 0 Å². The zero-order valence-corrected chi connectivity index (χ0v) is 39.7. The Kier molecular flexibility index (Phi) is 15.9. The molecule has 0 amide bonds. The molecule has 240 valence electrons. The quantitative estimate of drug-likeness (QED) is 0.192. The summed E-state index contributed by atoms with van der Waals surface area (Å²) >= 11 is 0. The van der Waals surface area contributed by atoms with Gasteiger partial charge >= 0.3 is 120 Å². The molecular formula is C48H40B2CsK. The zero-order valence-electron chi connectivity index (χ0n) is 30.2. The van der Waals surface area contributed by atoms with Crippen LogP contribution in [0.1, 0.15) is 0 Å². The monoisotopic (exact) mass is 810 g/mol. The fourth-order valence-corrected chi connectivity index (χ4v) is 8.24. The van der Waals surface area contributed by atoms with Crippen molar-refractivity contribution in [3.8, 4) is 0 Å². The van der Waals surface area contributed by atoms with Crippen LogP contribution in [0.15, 0.2) is 243 Å². The van der Waals surface area contributed by atoms with Gasteiger partial charge in [0.05, 0.1) is 0 Å². The second-order valence-electron chi connectivity index (χ2n) is 13.0. The minimum absolute atomic E-state index is 0. The van der Waals surface area contributed by atoms with Gasteiger partial charge in [0.1, 0.15) is 12.3 Å². The fourth-order valence-electron chi connectivity index (χ4n) is 8.24. The Labute approximate surface area is 411 Å². The third-order valence-electron chi connectivity index (χ3n) is 10.4. The Bertz CT molecular complexity index is 1680. The van der Waals surface area contributed by atoms with Crippen LogP contribution in [-0.2, 0) is 0 Å². The maximum Gasteiger partial charge on any atom is 1.00 e. The van der Waals surface area contributed by atoms with Crippen molar-refractivity contribution >= 4 is 56.0 Å². The molecule has 4 heteroatoms. The summed E-state index contributed by atoms with van der Waals surface area (Å²) in [5.41, 5.74) is 10.7. The second-order valence-corrected chi connectivity index (χ2v) is 13.0. The Morgan fingerprint density at radius 3 is 0.365 bits per heavy atom. The molecule has 0 aliphatic heterocycles. The van der Waals surface area contributed by atoms with Crippen LogP contribution in [-0.4, -0.2) is 12.3 Å². The molecule has 0 heterocycles. The molecule has 0 saturated carbocycles. The summed E-state index contributed by atoms with van der Waals surface area (Å²) in [6, 6.07) is 87.1. The van der Waals surface area contributed by atoms with Gasteiger partial charge in [-0.3, -0.25) is 0 Å². The van der Waals surface area contributed by atoms with Gasteiger partial charge in [0.15, 0.2) is 0 Å². The van der Waals surface area contributed by atoms with Crippen molar-refractivity contribution < 1.29 is 120 Å². The van der Waals surface area contributed by atoms with E-state index >= 15 is 0 Å². The summed E-state index contributed by atoms with van der Waals surface area (Å²) < 4.78 is 0. The van der Waals surface area contributed by atoms with E-state index in [4.69, 9.17) is 0 Å². The van der Waals surface area contributed by atoms with Crippen LogP contribution in [0, 0.1) is 0 Å². The van der Waals surface area contributed by atoms with Crippen LogP contribution in [0.5, 0.6) is 0 Å². The fraction of sp³-hybridized carbons (Fsp3) is 0. The third-order valence-corrected chi connectivity index (χ3v) is 10.4. The van der Waals surface area contributed by atoms with Gasteiger partial charge in [0.2, 0.25) is 0 Å². The van der Waals surface area contributed by atoms with Gasteiger partial charge in [-0.15, -0.1) is 0 Å². The average Bonchev–Trinajstić information content (AvgIpc) is 3.22. The van der Waals surface area contributed by atoms with E-state index in [0.29, 0.717) is 0 Å². The number of hydrogen-bond acceptors (Lipinski definition) is 0. The van der Waals surface area contributed by atoms with Crippen molar-refractivity contribution in [2.45, 2.75) is 0 Å². The molecular weight excluding hydrogens is 770 g/mol. The number of benzene rings is 8. The van der Waals surface area contributed by atoms with Gasteiger partial charge < -0.3 is 0 Å². The maximum atomic E-state index is 2.26. The third kappa shape index (κ3) is 8.60. The van der Waals surface area contributed by atoms with E-state index in [1.807, 2.05) is 0 Å². The van der Waals surface area contributed by atoms with E-state index in [0.717, 1.165) is 0 Å². The van der Waals surface area contributed by atoms with Crippen molar-refractivity contribution in [2.75, 3.05) is 0 Å². The molecule has 0 saturated heterocycles. The molecule has 8 aromatic rings. The Morgan fingerprint density at radius 1 is 0.173 bits per heavy atom. The van der Waals surface area contributed by atoms with E-state index in [1.54, 1.807) is 0 Å². The van der Waals surface area contributed by atoms with E-state index in [-0.39, 0.29) is 120 Å². The molecule has 0 spiro atoms. The van der Waals surface area contributed by atoms with E-state index in [1.165, 1.54) is 43.7 Å². The molecule has 0 aliphatic rings. The van der Waals surface area contributed by atoms with Gasteiger partial charge in [0, 0.05) is 0 Å². The standard InChI is InChI=1S/2C24H20B.Cs.K/c2*1-5-13-21(14-6-1)25(22-15-7-2-8-16-22,23-17-9-3-10-18-23)24-19-11-4-12-20-24;;/h2*1-20H;;/q2*-1;2*+1. The molecule has 8 rings (SSSR count). The van der Waals surface area contributed by atoms with Crippen molar-refractivity contribution in [3.63, 3.8) is 0 Å². The number of hydrogen-bond donors (Lipinski definition) is 0. The molecule has 0 bridgehead atoms. The SMILES string of the molecule is [Cs+].[K+].c1ccc([B-](c2ccccc2)(c2ccccc2)c2ccccc2)cc1.c1ccc([B-](c2ccccc2)(c2ccccc2)c2ccccc2)cc1. The van der Waals surface area contributed by atoms with Crippen LogP contribution in [0.25, 0.3) is 0 Å². The normalized spacial score (nSPS) is 10.8. The van der Waals surface area contributed by atoms with Gasteiger partial charge in [-0.1, -0.05) is 243 Å². The first-order chi connectivity index (χ1) is 24.8. The van der Waals surface area contributed by atoms with Crippen molar-refractivity contribution in [1.29, 1.82) is 0 Å². The molecule has 52 heavy (non-hydrogen) atoms.